The summed E-state index contributed by atoms with van der Waals surface area (Å²) >= 11 is 3.27. The highest BCUT2D eigenvalue weighted by molar-refractivity contribution is 9.10. The van der Waals surface area contributed by atoms with Gasteiger partial charge in [0, 0.05) is 51.2 Å². The van der Waals surface area contributed by atoms with Crippen molar-refractivity contribution in [2.24, 2.45) is 0 Å². The van der Waals surface area contributed by atoms with Crippen LogP contribution >= 0.6 is 15.9 Å². The summed E-state index contributed by atoms with van der Waals surface area (Å²) in [6, 6.07) is 3.48. The largest absolute Gasteiger partial charge is 0.480 e. The SMILES string of the molecule is CC(=O)NCCN(CCCCc1ccc2c(n1)NCCC2)CCC(Nc1ncc(Br)cn1)C(=O)O. The Kier molecular flexibility index (Phi) is 10.7. The number of nitrogens with one attached hydrogen (secondary N) is 3. The molecule has 11 heteroatoms. The molecule has 35 heavy (non-hydrogen) atoms. The zero-order chi connectivity index (χ0) is 25.0. The number of fused-ring (bicyclic) bond motifs is 1. The number of aryl methyl sites for hydroxylation is 2. The van der Waals surface area contributed by atoms with Crippen molar-refractivity contribution in [3.8, 4) is 0 Å². The first-order chi connectivity index (χ1) is 16.9. The first-order valence-electron chi connectivity index (χ1n) is 12.1. The third-order valence-corrected chi connectivity index (χ3v) is 6.28. The van der Waals surface area contributed by atoms with Crippen molar-refractivity contribution >= 4 is 39.6 Å². The molecular weight excluding hydrogens is 514 g/mol. The van der Waals surface area contributed by atoms with Gasteiger partial charge < -0.3 is 26.0 Å². The van der Waals surface area contributed by atoms with Gasteiger partial charge in [-0.05, 0) is 72.6 Å². The van der Waals surface area contributed by atoms with Crippen LogP contribution in [-0.4, -0.2) is 75.6 Å². The molecule has 0 fully saturated rings. The Morgan fingerprint density at radius 3 is 2.74 bits per heavy atom. The van der Waals surface area contributed by atoms with Crippen molar-refractivity contribution in [2.45, 2.75) is 51.5 Å². The van der Waals surface area contributed by atoms with Crippen LogP contribution in [0.1, 0.15) is 43.9 Å². The molecule has 1 unspecified atom stereocenters. The second kappa shape index (κ2) is 13.9. The monoisotopic (exact) mass is 547 g/mol. The van der Waals surface area contributed by atoms with E-state index in [2.05, 4.69) is 58.9 Å². The zero-order valence-corrected chi connectivity index (χ0v) is 21.7. The van der Waals surface area contributed by atoms with Gasteiger partial charge in [0.15, 0.2) is 0 Å². The van der Waals surface area contributed by atoms with Crippen LogP contribution < -0.4 is 16.0 Å². The number of pyridine rings is 1. The van der Waals surface area contributed by atoms with E-state index < -0.39 is 12.0 Å². The minimum absolute atomic E-state index is 0.0745. The molecular formula is C24H34BrN7O3. The van der Waals surface area contributed by atoms with Crippen LogP contribution in [0, 0.1) is 0 Å². The molecule has 0 aliphatic carbocycles. The standard InChI is InChI=1S/C24H34BrN7O3/c1-17(33)26-11-14-32(13-9-21(23(34)35)31-24-28-15-19(25)16-29-24)12-3-2-6-20-8-7-18-5-4-10-27-22(18)30-20/h7-8,15-16,21H,2-6,9-14H2,1H3,(H,26,33)(H,27,30)(H,34,35)(H,28,29,31). The second-order valence-corrected chi connectivity index (χ2v) is 9.59. The summed E-state index contributed by atoms with van der Waals surface area (Å²) in [5, 5.41) is 18.8. The molecule has 3 rings (SSSR count). The number of halogens is 1. The average Bonchev–Trinajstić information content (AvgIpc) is 2.84. The Balaban J connectivity index is 1.49. The summed E-state index contributed by atoms with van der Waals surface area (Å²) < 4.78 is 0.723. The number of anilines is 2. The Hall–Kier alpha value is -2.79. The number of aliphatic carboxylic acids is 1. The van der Waals surface area contributed by atoms with Gasteiger partial charge in [0.25, 0.3) is 0 Å². The topological polar surface area (TPSA) is 132 Å². The number of amides is 1. The van der Waals surface area contributed by atoms with Gasteiger partial charge in [0.2, 0.25) is 11.9 Å². The minimum atomic E-state index is -0.953. The summed E-state index contributed by atoms with van der Waals surface area (Å²) in [6.45, 7) is 5.03. The molecule has 2 aromatic rings. The maximum absolute atomic E-state index is 11.8. The van der Waals surface area contributed by atoms with Crippen LogP contribution in [0.4, 0.5) is 11.8 Å². The van der Waals surface area contributed by atoms with Gasteiger partial charge in [-0.25, -0.2) is 19.7 Å². The van der Waals surface area contributed by atoms with Crippen molar-refractivity contribution in [2.75, 3.05) is 43.4 Å². The number of rotatable bonds is 14. The third-order valence-electron chi connectivity index (χ3n) is 5.87. The fourth-order valence-corrected chi connectivity index (χ4v) is 4.19. The van der Waals surface area contributed by atoms with Crippen LogP contribution in [0.25, 0.3) is 0 Å². The lowest BCUT2D eigenvalue weighted by Crippen LogP contribution is -2.39. The molecule has 1 aliphatic heterocycles. The molecule has 10 nitrogen and oxygen atoms in total. The summed E-state index contributed by atoms with van der Waals surface area (Å²) in [5.41, 5.74) is 2.38. The Bertz CT molecular complexity index is 974. The highest BCUT2D eigenvalue weighted by atomic mass is 79.9. The molecule has 1 aliphatic rings. The van der Waals surface area contributed by atoms with Crippen molar-refractivity contribution < 1.29 is 14.7 Å². The molecule has 1 amide bonds. The summed E-state index contributed by atoms with van der Waals surface area (Å²) in [4.78, 5) is 38.2. The fourth-order valence-electron chi connectivity index (χ4n) is 3.99. The molecule has 0 aromatic carbocycles. The molecule has 0 bridgehead atoms. The number of carbonyl (C=O) groups is 2. The molecule has 0 saturated heterocycles. The lowest BCUT2D eigenvalue weighted by atomic mass is 10.1. The second-order valence-electron chi connectivity index (χ2n) is 8.67. The molecule has 1 atom stereocenters. The van der Waals surface area contributed by atoms with Crippen LogP contribution in [-0.2, 0) is 22.4 Å². The smallest absolute Gasteiger partial charge is 0.326 e. The maximum atomic E-state index is 11.8. The van der Waals surface area contributed by atoms with Gasteiger partial charge in [0.05, 0.1) is 4.47 Å². The lowest BCUT2D eigenvalue weighted by Gasteiger charge is -2.24. The number of carboxylic acids is 1. The number of hydrogen-bond donors (Lipinski definition) is 4. The Labute approximate surface area is 214 Å². The van der Waals surface area contributed by atoms with E-state index in [0.717, 1.165) is 61.2 Å². The number of carbonyl (C=O) groups excluding carboxylic acids is 1. The highest BCUT2D eigenvalue weighted by Crippen LogP contribution is 2.20. The first kappa shape index (κ1) is 26.8. The summed E-state index contributed by atoms with van der Waals surface area (Å²) in [5.74, 6) is 0.269. The van der Waals surface area contributed by atoms with Gasteiger partial charge in [-0.1, -0.05) is 6.07 Å². The molecule has 2 aromatic heterocycles. The van der Waals surface area contributed by atoms with Crippen LogP contribution in [0.5, 0.6) is 0 Å². The summed E-state index contributed by atoms with van der Waals surface area (Å²) in [7, 11) is 0. The van der Waals surface area contributed by atoms with E-state index in [1.807, 2.05) is 0 Å². The van der Waals surface area contributed by atoms with Crippen molar-refractivity contribution in [1.82, 2.24) is 25.2 Å². The number of aromatic nitrogens is 3. The van der Waals surface area contributed by atoms with Crippen LogP contribution in [0.15, 0.2) is 29.0 Å². The predicted molar refractivity (Wildman–Crippen MR) is 139 cm³/mol. The molecule has 0 spiro atoms. The zero-order valence-electron chi connectivity index (χ0n) is 20.1. The number of nitrogens with zero attached hydrogens (tertiary/aromatic N) is 4. The van der Waals surface area contributed by atoms with E-state index in [1.165, 1.54) is 12.5 Å². The van der Waals surface area contributed by atoms with E-state index in [0.29, 0.717) is 26.1 Å². The summed E-state index contributed by atoms with van der Waals surface area (Å²) in [6.07, 6.45) is 8.59. The third kappa shape index (κ3) is 9.41. The van der Waals surface area contributed by atoms with E-state index in [9.17, 15) is 14.7 Å². The Morgan fingerprint density at radius 2 is 2.00 bits per heavy atom. The van der Waals surface area contributed by atoms with E-state index in [4.69, 9.17) is 4.98 Å². The minimum Gasteiger partial charge on any atom is -0.480 e. The molecule has 4 N–H and O–H groups in total. The molecule has 0 radical (unpaired) electrons. The van der Waals surface area contributed by atoms with Gasteiger partial charge in [-0.15, -0.1) is 0 Å². The van der Waals surface area contributed by atoms with Crippen LogP contribution in [0.3, 0.4) is 0 Å². The van der Waals surface area contributed by atoms with Gasteiger partial charge in [0.1, 0.15) is 11.9 Å². The fraction of sp³-hybridized carbons (Fsp3) is 0.542. The quantitative estimate of drug-likeness (QED) is 0.263. The maximum Gasteiger partial charge on any atom is 0.326 e. The van der Waals surface area contributed by atoms with E-state index in [1.54, 1.807) is 12.4 Å². The van der Waals surface area contributed by atoms with Crippen molar-refractivity contribution in [1.29, 1.82) is 0 Å². The first-order valence-corrected chi connectivity index (χ1v) is 12.9. The number of carboxylic acid groups (broad SMARTS) is 1. The van der Waals surface area contributed by atoms with E-state index >= 15 is 0 Å². The lowest BCUT2D eigenvalue weighted by molar-refractivity contribution is -0.138. The predicted octanol–water partition coefficient (Wildman–Crippen LogP) is 2.71. The van der Waals surface area contributed by atoms with Gasteiger partial charge >= 0.3 is 5.97 Å². The number of unbranched alkanes of at least 4 members (excludes halogenated alkanes) is 1. The average molecular weight is 548 g/mol. The van der Waals surface area contributed by atoms with E-state index in [-0.39, 0.29) is 11.9 Å². The number of hydrogen-bond acceptors (Lipinski definition) is 8. The Morgan fingerprint density at radius 1 is 1.20 bits per heavy atom. The molecule has 0 saturated carbocycles. The van der Waals surface area contributed by atoms with Gasteiger partial charge in [-0.2, -0.15) is 0 Å². The molecule has 3 heterocycles. The highest BCUT2D eigenvalue weighted by Gasteiger charge is 2.20. The molecule has 190 valence electrons. The normalized spacial score (nSPS) is 13.6. The van der Waals surface area contributed by atoms with Crippen molar-refractivity contribution in [3.63, 3.8) is 0 Å². The van der Waals surface area contributed by atoms with Gasteiger partial charge in [-0.3, -0.25) is 4.79 Å². The van der Waals surface area contributed by atoms with Crippen molar-refractivity contribution in [3.05, 3.63) is 40.3 Å². The van der Waals surface area contributed by atoms with Crippen LogP contribution in [0.2, 0.25) is 0 Å².